The first kappa shape index (κ1) is 17.7. The summed E-state index contributed by atoms with van der Waals surface area (Å²) in [5, 5.41) is 2.87. The van der Waals surface area contributed by atoms with Crippen molar-refractivity contribution in [2.24, 2.45) is 0 Å². The van der Waals surface area contributed by atoms with Gasteiger partial charge in [-0.1, -0.05) is 37.6 Å². The van der Waals surface area contributed by atoms with E-state index in [0.29, 0.717) is 12.1 Å². The van der Waals surface area contributed by atoms with E-state index in [4.69, 9.17) is 0 Å². The summed E-state index contributed by atoms with van der Waals surface area (Å²) in [4.78, 5) is 31.4. The van der Waals surface area contributed by atoms with Crippen LogP contribution in [-0.4, -0.2) is 34.8 Å². The normalized spacial score (nSPS) is 10.7. The monoisotopic (exact) mass is 350 g/mol. The molecule has 0 atom stereocenters. The molecule has 0 radical (unpaired) electrons. The first-order chi connectivity index (χ1) is 12.6. The number of aromatic nitrogens is 2. The molecule has 0 fully saturated rings. The molecule has 2 amide bonds. The highest BCUT2D eigenvalue weighted by Gasteiger charge is 2.24. The Morgan fingerprint density at radius 3 is 2.58 bits per heavy atom. The van der Waals surface area contributed by atoms with Gasteiger partial charge in [-0.2, -0.15) is 0 Å². The maximum Gasteiger partial charge on any atom is 0.294 e. The third-order valence-electron chi connectivity index (χ3n) is 4.22. The van der Waals surface area contributed by atoms with Crippen molar-refractivity contribution in [3.8, 4) is 0 Å². The highest BCUT2D eigenvalue weighted by Crippen LogP contribution is 2.18. The van der Waals surface area contributed by atoms with E-state index in [1.165, 1.54) is 4.90 Å². The molecule has 0 unspecified atom stereocenters. The van der Waals surface area contributed by atoms with Crippen LogP contribution in [-0.2, 0) is 0 Å². The summed E-state index contributed by atoms with van der Waals surface area (Å²) in [6.45, 7) is 2.66. The molecular formula is C20H22N4O2. The van der Waals surface area contributed by atoms with Gasteiger partial charge in [0.1, 0.15) is 0 Å². The molecule has 3 aromatic rings. The third-order valence-corrected chi connectivity index (χ3v) is 4.22. The molecule has 2 aromatic heterocycles. The number of hydrogen-bond donors (Lipinski definition) is 1. The summed E-state index contributed by atoms with van der Waals surface area (Å²) in [5.41, 5.74) is 1.65. The fourth-order valence-corrected chi connectivity index (χ4v) is 2.74. The van der Waals surface area contributed by atoms with Gasteiger partial charge >= 0.3 is 0 Å². The molecule has 6 heteroatoms. The van der Waals surface area contributed by atoms with Crippen molar-refractivity contribution in [1.82, 2.24) is 14.7 Å². The number of amides is 2. The lowest BCUT2D eigenvalue weighted by atomic mass is 10.3. The van der Waals surface area contributed by atoms with Gasteiger partial charge in [-0.05, 0) is 30.7 Å². The molecule has 0 saturated carbocycles. The Bertz CT molecular complexity index is 918. The van der Waals surface area contributed by atoms with E-state index in [2.05, 4.69) is 17.2 Å². The molecule has 1 aromatic carbocycles. The smallest absolute Gasteiger partial charge is 0.294 e. The zero-order valence-corrected chi connectivity index (χ0v) is 15.0. The number of nitrogens with one attached hydrogen (secondary N) is 1. The zero-order chi connectivity index (χ0) is 18.5. The van der Waals surface area contributed by atoms with E-state index in [1.807, 2.05) is 42.5 Å². The number of rotatable bonds is 6. The molecule has 0 aliphatic heterocycles. The summed E-state index contributed by atoms with van der Waals surface area (Å²) in [6, 6.07) is 14.8. The van der Waals surface area contributed by atoms with Crippen LogP contribution in [0.25, 0.3) is 5.52 Å². The Hall–Kier alpha value is -3.15. The van der Waals surface area contributed by atoms with Crippen LogP contribution in [0.4, 0.5) is 5.69 Å². The number of benzene rings is 1. The van der Waals surface area contributed by atoms with Crippen LogP contribution >= 0.6 is 0 Å². The lowest BCUT2D eigenvalue weighted by molar-refractivity contribution is 0.0950. The van der Waals surface area contributed by atoms with Gasteiger partial charge in [-0.15, -0.1) is 0 Å². The van der Waals surface area contributed by atoms with Crippen molar-refractivity contribution in [3.63, 3.8) is 0 Å². The lowest BCUT2D eigenvalue weighted by Crippen LogP contribution is -2.28. The molecule has 6 nitrogen and oxygen atoms in total. The highest BCUT2D eigenvalue weighted by atomic mass is 16.2. The Balaban J connectivity index is 1.96. The van der Waals surface area contributed by atoms with Crippen molar-refractivity contribution < 1.29 is 9.59 Å². The van der Waals surface area contributed by atoms with Gasteiger partial charge in [0, 0.05) is 25.5 Å². The van der Waals surface area contributed by atoms with Crippen LogP contribution in [0.1, 0.15) is 40.9 Å². The minimum absolute atomic E-state index is 0.215. The van der Waals surface area contributed by atoms with E-state index in [1.54, 1.807) is 23.7 Å². The van der Waals surface area contributed by atoms with E-state index in [9.17, 15) is 9.59 Å². The lowest BCUT2D eigenvalue weighted by Gasteiger charge is -2.16. The van der Waals surface area contributed by atoms with Gasteiger partial charge in [0.05, 0.1) is 5.52 Å². The van der Waals surface area contributed by atoms with Crippen LogP contribution in [0.5, 0.6) is 0 Å². The number of anilines is 1. The van der Waals surface area contributed by atoms with Crippen LogP contribution < -0.4 is 10.2 Å². The fraction of sp³-hybridized carbons (Fsp3) is 0.250. The SMILES string of the molecule is CCCCNC(=O)c1nc(C(=O)N(C)c2ccccc2)n2ccccc12. The molecule has 0 aliphatic carbocycles. The van der Waals surface area contributed by atoms with Gasteiger partial charge in [-0.3, -0.25) is 14.0 Å². The van der Waals surface area contributed by atoms with Crippen molar-refractivity contribution in [1.29, 1.82) is 0 Å². The van der Waals surface area contributed by atoms with Gasteiger partial charge in [-0.25, -0.2) is 4.98 Å². The van der Waals surface area contributed by atoms with Crippen molar-refractivity contribution in [2.75, 3.05) is 18.5 Å². The summed E-state index contributed by atoms with van der Waals surface area (Å²) in [5.74, 6) is -0.318. The van der Waals surface area contributed by atoms with Gasteiger partial charge < -0.3 is 10.2 Å². The van der Waals surface area contributed by atoms with Gasteiger partial charge in [0.2, 0.25) is 5.82 Å². The second-order valence-electron chi connectivity index (χ2n) is 6.05. The van der Waals surface area contributed by atoms with Gasteiger partial charge in [0.25, 0.3) is 11.8 Å². The minimum Gasteiger partial charge on any atom is -0.351 e. The van der Waals surface area contributed by atoms with Crippen LogP contribution in [0.15, 0.2) is 54.7 Å². The zero-order valence-electron chi connectivity index (χ0n) is 15.0. The second-order valence-corrected chi connectivity index (χ2v) is 6.05. The maximum absolute atomic E-state index is 13.0. The first-order valence-electron chi connectivity index (χ1n) is 8.72. The Morgan fingerprint density at radius 2 is 1.85 bits per heavy atom. The Labute approximate surface area is 152 Å². The molecule has 0 bridgehead atoms. The summed E-state index contributed by atoms with van der Waals surface area (Å²) < 4.78 is 1.66. The molecule has 2 heterocycles. The molecule has 134 valence electrons. The number of fused-ring (bicyclic) bond motifs is 1. The van der Waals surface area contributed by atoms with Crippen LogP contribution in [0.3, 0.4) is 0 Å². The summed E-state index contributed by atoms with van der Waals surface area (Å²) >= 11 is 0. The topological polar surface area (TPSA) is 66.7 Å². The number of para-hydroxylation sites is 1. The number of hydrogen-bond acceptors (Lipinski definition) is 3. The largest absolute Gasteiger partial charge is 0.351 e. The summed E-state index contributed by atoms with van der Waals surface area (Å²) in [6.07, 6.45) is 3.65. The third kappa shape index (κ3) is 3.44. The number of carbonyl (C=O) groups is 2. The Morgan fingerprint density at radius 1 is 1.12 bits per heavy atom. The first-order valence-corrected chi connectivity index (χ1v) is 8.72. The summed E-state index contributed by atoms with van der Waals surface area (Å²) in [7, 11) is 1.70. The minimum atomic E-state index is -0.273. The molecule has 0 spiro atoms. The standard InChI is InChI=1S/C20H22N4O2/c1-3-4-13-21-19(25)17-16-12-8-9-14-24(16)18(22-17)20(26)23(2)15-10-6-5-7-11-15/h5-12,14H,3-4,13H2,1-2H3,(H,21,25). The van der Waals surface area contributed by atoms with Crippen molar-refractivity contribution in [3.05, 3.63) is 66.2 Å². The molecule has 1 N–H and O–H groups in total. The molecule has 0 aliphatic rings. The number of unbranched alkanes of at least 4 members (excludes halogenated alkanes) is 1. The Kier molecular flexibility index (Phi) is 5.31. The quantitative estimate of drug-likeness (QED) is 0.695. The number of carbonyl (C=O) groups excluding carboxylic acids is 2. The van der Waals surface area contributed by atoms with E-state index in [0.717, 1.165) is 18.5 Å². The average Bonchev–Trinajstić information content (AvgIpc) is 3.07. The van der Waals surface area contributed by atoms with Crippen molar-refractivity contribution >= 4 is 23.0 Å². The van der Waals surface area contributed by atoms with E-state index in [-0.39, 0.29) is 23.3 Å². The van der Waals surface area contributed by atoms with E-state index >= 15 is 0 Å². The predicted molar refractivity (Wildman–Crippen MR) is 102 cm³/mol. The van der Waals surface area contributed by atoms with Crippen LogP contribution in [0, 0.1) is 0 Å². The molecule has 3 rings (SSSR count). The highest BCUT2D eigenvalue weighted by molar-refractivity contribution is 6.07. The molecule has 0 saturated heterocycles. The number of pyridine rings is 1. The van der Waals surface area contributed by atoms with Crippen molar-refractivity contribution in [2.45, 2.75) is 19.8 Å². The molecule has 26 heavy (non-hydrogen) atoms. The van der Waals surface area contributed by atoms with Gasteiger partial charge in [0.15, 0.2) is 5.69 Å². The van der Waals surface area contributed by atoms with E-state index < -0.39 is 0 Å². The van der Waals surface area contributed by atoms with Crippen LogP contribution in [0.2, 0.25) is 0 Å². The predicted octanol–water partition coefficient (Wildman–Crippen LogP) is 3.14. The second kappa shape index (κ2) is 7.82. The number of nitrogens with zero attached hydrogens (tertiary/aromatic N) is 3. The average molecular weight is 350 g/mol. The molecular weight excluding hydrogens is 328 g/mol. The maximum atomic E-state index is 13.0. The fourth-order valence-electron chi connectivity index (χ4n) is 2.74. The number of imidazole rings is 1.